The number of halogens is 2. The van der Waals surface area contributed by atoms with E-state index in [1.807, 2.05) is 50.2 Å². The molecule has 5 aromatic rings. The van der Waals surface area contributed by atoms with Gasteiger partial charge in [0.1, 0.15) is 28.3 Å². The number of hydrogen-bond acceptors (Lipinski definition) is 5. The second-order valence-electron chi connectivity index (χ2n) is 8.22. The van der Waals surface area contributed by atoms with Crippen molar-refractivity contribution in [3.8, 4) is 22.8 Å². The molecule has 1 amide bonds. The number of benzene rings is 3. The first-order chi connectivity index (χ1) is 17.9. The van der Waals surface area contributed by atoms with E-state index in [4.69, 9.17) is 32.4 Å². The lowest BCUT2D eigenvalue weighted by atomic mass is 10.1. The van der Waals surface area contributed by atoms with Crippen LogP contribution in [0.3, 0.4) is 0 Å². The third-order valence-electron chi connectivity index (χ3n) is 5.59. The van der Waals surface area contributed by atoms with Gasteiger partial charge >= 0.3 is 0 Å². The molecule has 2 aromatic heterocycles. The number of furan rings is 1. The van der Waals surface area contributed by atoms with E-state index in [1.54, 1.807) is 41.2 Å². The molecule has 0 bridgehead atoms. The maximum Gasteiger partial charge on any atom is 0.248 e. The number of ether oxygens (including phenoxy) is 1. The van der Waals surface area contributed by atoms with Crippen molar-refractivity contribution in [3.63, 3.8) is 0 Å². The number of aryl methyl sites for hydroxylation is 1. The van der Waals surface area contributed by atoms with Crippen molar-refractivity contribution in [2.24, 2.45) is 0 Å². The minimum atomic E-state index is -0.302. The summed E-state index contributed by atoms with van der Waals surface area (Å²) >= 11 is 12.2. The Morgan fingerprint density at radius 2 is 1.78 bits per heavy atom. The van der Waals surface area contributed by atoms with Gasteiger partial charge in [-0.15, -0.1) is 10.2 Å². The molecule has 0 aliphatic rings. The Bertz CT molecular complexity index is 1620. The average Bonchev–Trinajstić information content (AvgIpc) is 3.51. The van der Waals surface area contributed by atoms with Crippen LogP contribution in [0.15, 0.2) is 77.2 Å². The second-order valence-corrected chi connectivity index (χ2v) is 9.06. The summed E-state index contributed by atoms with van der Waals surface area (Å²) in [5.41, 5.74) is 4.43. The highest BCUT2D eigenvalue weighted by molar-refractivity contribution is 6.36. The SMILES string of the molecule is CCOc1ccc(-n2nc3cc(C)c(NC(=O)/C=C/c4ccc(-c5ccc(Cl)cc5Cl)o4)cc3n2)cc1. The molecule has 186 valence electrons. The van der Waals surface area contributed by atoms with Crippen molar-refractivity contribution in [1.29, 1.82) is 0 Å². The van der Waals surface area contributed by atoms with Crippen molar-refractivity contribution < 1.29 is 13.9 Å². The number of aromatic nitrogens is 3. The monoisotopic (exact) mass is 532 g/mol. The summed E-state index contributed by atoms with van der Waals surface area (Å²) in [4.78, 5) is 14.2. The molecule has 37 heavy (non-hydrogen) atoms. The van der Waals surface area contributed by atoms with E-state index in [0.717, 1.165) is 28.1 Å². The number of carbonyl (C=O) groups is 1. The normalized spacial score (nSPS) is 11.4. The minimum Gasteiger partial charge on any atom is -0.494 e. The van der Waals surface area contributed by atoms with Gasteiger partial charge in [0.2, 0.25) is 5.91 Å². The fraction of sp³-hybridized carbons (Fsp3) is 0.107. The highest BCUT2D eigenvalue weighted by atomic mass is 35.5. The molecule has 0 radical (unpaired) electrons. The summed E-state index contributed by atoms with van der Waals surface area (Å²) in [5.74, 6) is 1.58. The first kappa shape index (κ1) is 24.6. The fourth-order valence-corrected chi connectivity index (χ4v) is 4.27. The Morgan fingerprint density at radius 1 is 1.03 bits per heavy atom. The van der Waals surface area contributed by atoms with E-state index in [-0.39, 0.29) is 5.91 Å². The predicted molar refractivity (Wildman–Crippen MR) is 147 cm³/mol. The Hall–Kier alpha value is -4.07. The predicted octanol–water partition coefficient (Wildman–Crippen LogP) is 7.35. The molecule has 0 aliphatic carbocycles. The van der Waals surface area contributed by atoms with Crippen LogP contribution in [0.25, 0.3) is 34.1 Å². The first-order valence-electron chi connectivity index (χ1n) is 11.5. The molecule has 0 spiro atoms. The summed E-state index contributed by atoms with van der Waals surface area (Å²) in [6, 6.07) is 20.0. The number of amides is 1. The van der Waals surface area contributed by atoms with Crippen LogP contribution in [0, 0.1) is 6.92 Å². The smallest absolute Gasteiger partial charge is 0.248 e. The molecule has 0 aliphatic heterocycles. The van der Waals surface area contributed by atoms with Gasteiger partial charge in [0, 0.05) is 22.3 Å². The van der Waals surface area contributed by atoms with Gasteiger partial charge in [-0.05, 0) is 92.2 Å². The molecular formula is C28H22Cl2N4O3. The van der Waals surface area contributed by atoms with Gasteiger partial charge in [0.15, 0.2) is 0 Å². The van der Waals surface area contributed by atoms with Crippen LogP contribution in [0.4, 0.5) is 5.69 Å². The summed E-state index contributed by atoms with van der Waals surface area (Å²) in [6.45, 7) is 4.45. The van der Waals surface area contributed by atoms with Crippen molar-refractivity contribution in [1.82, 2.24) is 15.0 Å². The van der Waals surface area contributed by atoms with Crippen LogP contribution in [0.2, 0.25) is 10.0 Å². The van der Waals surface area contributed by atoms with Gasteiger partial charge in [0.25, 0.3) is 0 Å². The number of fused-ring (bicyclic) bond motifs is 1. The second kappa shape index (κ2) is 10.5. The number of hydrogen-bond donors (Lipinski definition) is 1. The third kappa shape index (κ3) is 5.53. The molecule has 9 heteroatoms. The van der Waals surface area contributed by atoms with Crippen LogP contribution in [0.1, 0.15) is 18.2 Å². The molecule has 7 nitrogen and oxygen atoms in total. The maximum absolute atomic E-state index is 12.6. The minimum absolute atomic E-state index is 0.302. The van der Waals surface area contributed by atoms with E-state index in [0.29, 0.717) is 39.4 Å². The van der Waals surface area contributed by atoms with Gasteiger partial charge < -0.3 is 14.5 Å². The summed E-state index contributed by atoms with van der Waals surface area (Å²) in [5, 5.41) is 13.1. The van der Waals surface area contributed by atoms with Crippen LogP contribution in [0.5, 0.6) is 5.75 Å². The standard InChI is InChI=1S/C28H22Cl2N4O3/c1-3-36-20-7-5-19(6-8-20)34-32-25-14-17(2)24(16-26(25)33-34)31-28(35)13-10-21-9-12-27(37-21)22-11-4-18(29)15-23(22)30/h4-16H,3H2,1-2H3,(H,31,35)/b13-10+. The zero-order valence-corrected chi connectivity index (χ0v) is 21.5. The van der Waals surface area contributed by atoms with Gasteiger partial charge in [-0.1, -0.05) is 23.2 Å². The van der Waals surface area contributed by atoms with E-state index in [9.17, 15) is 4.79 Å². The number of nitrogens with one attached hydrogen (secondary N) is 1. The van der Waals surface area contributed by atoms with E-state index in [2.05, 4.69) is 15.5 Å². The van der Waals surface area contributed by atoms with Crippen molar-refractivity contribution in [2.75, 3.05) is 11.9 Å². The zero-order chi connectivity index (χ0) is 25.9. The molecule has 0 saturated carbocycles. The Kier molecular flexibility index (Phi) is 6.99. The molecule has 1 N–H and O–H groups in total. The Labute approximate surface area is 223 Å². The maximum atomic E-state index is 12.6. The molecular weight excluding hydrogens is 511 g/mol. The van der Waals surface area contributed by atoms with Gasteiger partial charge in [-0.2, -0.15) is 4.80 Å². The van der Waals surface area contributed by atoms with Crippen molar-refractivity contribution in [2.45, 2.75) is 13.8 Å². The highest BCUT2D eigenvalue weighted by Gasteiger charge is 2.11. The van der Waals surface area contributed by atoms with Gasteiger partial charge in [0.05, 0.1) is 17.3 Å². The van der Waals surface area contributed by atoms with Crippen LogP contribution in [-0.4, -0.2) is 27.5 Å². The summed E-state index contributed by atoms with van der Waals surface area (Å²) < 4.78 is 11.3. The number of rotatable bonds is 7. The number of nitrogens with zero attached hydrogens (tertiary/aromatic N) is 3. The molecule has 0 fully saturated rings. The van der Waals surface area contributed by atoms with Crippen LogP contribution < -0.4 is 10.1 Å². The Balaban J connectivity index is 1.30. The highest BCUT2D eigenvalue weighted by Crippen LogP contribution is 2.32. The molecule has 0 unspecified atom stereocenters. The molecule has 0 atom stereocenters. The molecule has 0 saturated heterocycles. The molecule has 2 heterocycles. The van der Waals surface area contributed by atoms with Crippen LogP contribution >= 0.6 is 23.2 Å². The summed E-state index contributed by atoms with van der Waals surface area (Å²) in [6.07, 6.45) is 3.01. The van der Waals surface area contributed by atoms with Crippen molar-refractivity contribution in [3.05, 3.63) is 94.2 Å². The van der Waals surface area contributed by atoms with Crippen LogP contribution in [-0.2, 0) is 4.79 Å². The third-order valence-corrected chi connectivity index (χ3v) is 6.13. The first-order valence-corrected chi connectivity index (χ1v) is 12.3. The van der Waals surface area contributed by atoms with Crippen molar-refractivity contribution >= 4 is 51.9 Å². The largest absolute Gasteiger partial charge is 0.494 e. The topological polar surface area (TPSA) is 82.2 Å². The zero-order valence-electron chi connectivity index (χ0n) is 20.0. The lowest BCUT2D eigenvalue weighted by Crippen LogP contribution is -2.08. The Morgan fingerprint density at radius 3 is 2.51 bits per heavy atom. The number of anilines is 1. The average molecular weight is 533 g/mol. The van der Waals surface area contributed by atoms with Gasteiger partial charge in [-0.25, -0.2) is 0 Å². The molecule has 5 rings (SSSR count). The van der Waals surface area contributed by atoms with E-state index in [1.165, 1.54) is 6.08 Å². The lowest BCUT2D eigenvalue weighted by Gasteiger charge is -2.05. The fourth-order valence-electron chi connectivity index (χ4n) is 3.77. The van der Waals surface area contributed by atoms with E-state index < -0.39 is 0 Å². The lowest BCUT2D eigenvalue weighted by molar-refractivity contribution is -0.111. The number of carbonyl (C=O) groups excluding carboxylic acids is 1. The van der Waals surface area contributed by atoms with E-state index >= 15 is 0 Å². The summed E-state index contributed by atoms with van der Waals surface area (Å²) in [7, 11) is 0. The molecule has 3 aromatic carbocycles. The quantitative estimate of drug-likeness (QED) is 0.221. The van der Waals surface area contributed by atoms with Gasteiger partial charge in [-0.3, -0.25) is 4.79 Å².